The van der Waals surface area contributed by atoms with Crippen LogP contribution in [-0.4, -0.2) is 13.0 Å². The first-order valence-corrected chi connectivity index (χ1v) is 8.76. The van der Waals surface area contributed by atoms with Gasteiger partial charge in [0.15, 0.2) is 0 Å². The molecular formula is C19H26N2OS. The minimum atomic E-state index is -0.608. The topological polar surface area (TPSA) is 55.1 Å². The van der Waals surface area contributed by atoms with Gasteiger partial charge in [-0.1, -0.05) is 44.2 Å². The monoisotopic (exact) mass is 330 g/mol. The Labute approximate surface area is 142 Å². The van der Waals surface area contributed by atoms with Crippen LogP contribution in [0.3, 0.4) is 0 Å². The number of amides is 1. The van der Waals surface area contributed by atoms with E-state index in [1.54, 1.807) is 11.3 Å². The van der Waals surface area contributed by atoms with E-state index in [0.29, 0.717) is 0 Å². The van der Waals surface area contributed by atoms with Crippen LogP contribution in [0, 0.1) is 12.3 Å². The maximum absolute atomic E-state index is 12.1. The number of carbonyl (C=O) groups is 1. The van der Waals surface area contributed by atoms with Gasteiger partial charge >= 0.3 is 0 Å². The van der Waals surface area contributed by atoms with Crippen molar-refractivity contribution in [2.24, 2.45) is 11.1 Å². The SMILES string of the molecule is CNC(CC(c1ccccc1)C(C)(C)C(N)=O)c1ccc(C)s1. The van der Waals surface area contributed by atoms with Crippen LogP contribution < -0.4 is 11.1 Å². The van der Waals surface area contributed by atoms with Gasteiger partial charge in [-0.25, -0.2) is 0 Å². The lowest BCUT2D eigenvalue weighted by Gasteiger charge is -2.34. The van der Waals surface area contributed by atoms with Crippen LogP contribution in [0.25, 0.3) is 0 Å². The molecule has 0 radical (unpaired) electrons. The van der Waals surface area contributed by atoms with E-state index >= 15 is 0 Å². The van der Waals surface area contributed by atoms with Gasteiger partial charge in [0.25, 0.3) is 0 Å². The van der Waals surface area contributed by atoms with Crippen LogP contribution in [-0.2, 0) is 4.79 Å². The zero-order valence-electron chi connectivity index (χ0n) is 14.3. The highest BCUT2D eigenvalue weighted by molar-refractivity contribution is 7.12. The van der Waals surface area contributed by atoms with Gasteiger partial charge in [-0.15, -0.1) is 11.3 Å². The third-order valence-electron chi connectivity index (χ3n) is 4.63. The highest BCUT2D eigenvalue weighted by Gasteiger charge is 2.37. The average Bonchev–Trinajstić information content (AvgIpc) is 2.95. The molecule has 1 amide bonds. The van der Waals surface area contributed by atoms with E-state index in [1.807, 2.05) is 39.1 Å². The van der Waals surface area contributed by atoms with Gasteiger partial charge in [0.1, 0.15) is 0 Å². The molecule has 3 nitrogen and oxygen atoms in total. The summed E-state index contributed by atoms with van der Waals surface area (Å²) < 4.78 is 0. The number of nitrogens with two attached hydrogens (primary N) is 1. The Morgan fingerprint density at radius 1 is 1.22 bits per heavy atom. The van der Waals surface area contributed by atoms with E-state index in [1.165, 1.54) is 9.75 Å². The van der Waals surface area contributed by atoms with Crippen LogP contribution in [0.2, 0.25) is 0 Å². The Morgan fingerprint density at radius 3 is 2.35 bits per heavy atom. The second kappa shape index (κ2) is 7.28. The van der Waals surface area contributed by atoms with Crippen LogP contribution in [0.15, 0.2) is 42.5 Å². The smallest absolute Gasteiger partial charge is 0.223 e. The molecule has 124 valence electrons. The van der Waals surface area contributed by atoms with E-state index in [9.17, 15) is 4.79 Å². The summed E-state index contributed by atoms with van der Waals surface area (Å²) in [4.78, 5) is 14.6. The number of hydrogen-bond acceptors (Lipinski definition) is 3. The van der Waals surface area contributed by atoms with Gasteiger partial charge in [-0.05, 0) is 44.0 Å². The lowest BCUT2D eigenvalue weighted by Crippen LogP contribution is -2.38. The van der Waals surface area contributed by atoms with Crippen molar-refractivity contribution in [3.05, 3.63) is 57.8 Å². The van der Waals surface area contributed by atoms with Crippen molar-refractivity contribution >= 4 is 17.2 Å². The van der Waals surface area contributed by atoms with E-state index in [4.69, 9.17) is 5.73 Å². The molecule has 0 saturated heterocycles. The molecular weight excluding hydrogens is 304 g/mol. The number of nitrogens with one attached hydrogen (secondary N) is 1. The van der Waals surface area contributed by atoms with E-state index in [2.05, 4.69) is 36.5 Å². The van der Waals surface area contributed by atoms with Gasteiger partial charge < -0.3 is 11.1 Å². The quantitative estimate of drug-likeness (QED) is 0.806. The van der Waals surface area contributed by atoms with Crippen LogP contribution in [0.5, 0.6) is 0 Å². The minimum Gasteiger partial charge on any atom is -0.369 e. The first kappa shape index (κ1) is 17.7. The van der Waals surface area contributed by atoms with Gasteiger partial charge in [-0.2, -0.15) is 0 Å². The Kier molecular flexibility index (Phi) is 5.60. The fourth-order valence-electron chi connectivity index (χ4n) is 2.96. The summed E-state index contributed by atoms with van der Waals surface area (Å²) in [6, 6.07) is 14.7. The molecule has 2 unspecified atom stereocenters. The van der Waals surface area contributed by atoms with Gasteiger partial charge in [0, 0.05) is 15.8 Å². The summed E-state index contributed by atoms with van der Waals surface area (Å²) >= 11 is 1.80. The number of rotatable bonds is 7. The maximum atomic E-state index is 12.1. The number of thiophene rings is 1. The van der Waals surface area contributed by atoms with E-state index in [-0.39, 0.29) is 17.9 Å². The van der Waals surface area contributed by atoms with Gasteiger partial charge in [-0.3, -0.25) is 4.79 Å². The predicted octanol–water partition coefficient (Wildman–Crippen LogP) is 4.00. The Bertz CT molecular complexity index is 648. The number of primary amides is 1. The standard InChI is InChI=1S/C19H26N2OS/c1-13-10-11-17(23-13)16(21-4)12-15(19(2,3)18(20)22)14-8-6-5-7-9-14/h5-11,15-16,21H,12H2,1-4H3,(H2,20,22). The fourth-order valence-corrected chi connectivity index (χ4v) is 3.96. The Hall–Kier alpha value is -1.65. The van der Waals surface area contributed by atoms with Crippen molar-refractivity contribution in [2.75, 3.05) is 7.05 Å². The molecule has 0 saturated carbocycles. The highest BCUT2D eigenvalue weighted by Crippen LogP contribution is 2.42. The van der Waals surface area contributed by atoms with Crippen molar-refractivity contribution < 1.29 is 4.79 Å². The van der Waals surface area contributed by atoms with Gasteiger partial charge in [0.05, 0.1) is 5.41 Å². The molecule has 0 aliphatic rings. The lowest BCUT2D eigenvalue weighted by atomic mass is 9.71. The third-order valence-corrected chi connectivity index (χ3v) is 5.75. The van der Waals surface area contributed by atoms with Gasteiger partial charge in [0.2, 0.25) is 5.91 Å². The molecule has 3 N–H and O–H groups in total. The molecule has 2 aromatic rings. The number of hydrogen-bond donors (Lipinski definition) is 2. The minimum absolute atomic E-state index is 0.0565. The first-order valence-electron chi connectivity index (χ1n) is 7.94. The van der Waals surface area contributed by atoms with Crippen LogP contribution >= 0.6 is 11.3 Å². The molecule has 1 heterocycles. The fraction of sp³-hybridized carbons (Fsp3) is 0.421. The van der Waals surface area contributed by atoms with Crippen molar-refractivity contribution in [3.63, 3.8) is 0 Å². The number of aryl methyl sites for hydroxylation is 1. The van der Waals surface area contributed by atoms with Crippen molar-refractivity contribution in [2.45, 2.75) is 39.2 Å². The van der Waals surface area contributed by atoms with Crippen molar-refractivity contribution in [1.29, 1.82) is 0 Å². The van der Waals surface area contributed by atoms with Crippen LogP contribution in [0.4, 0.5) is 0 Å². The first-order chi connectivity index (χ1) is 10.9. The molecule has 23 heavy (non-hydrogen) atoms. The molecule has 1 aromatic carbocycles. The second-order valence-corrected chi connectivity index (χ2v) is 7.89. The summed E-state index contributed by atoms with van der Waals surface area (Å²) in [6.45, 7) is 6.00. The molecule has 2 rings (SSSR count). The number of carbonyl (C=O) groups excluding carboxylic acids is 1. The maximum Gasteiger partial charge on any atom is 0.223 e. The molecule has 2 atom stereocenters. The van der Waals surface area contributed by atoms with E-state index < -0.39 is 5.41 Å². The summed E-state index contributed by atoms with van der Waals surface area (Å²) in [5, 5.41) is 3.40. The lowest BCUT2D eigenvalue weighted by molar-refractivity contribution is -0.127. The largest absolute Gasteiger partial charge is 0.369 e. The molecule has 1 aromatic heterocycles. The third kappa shape index (κ3) is 4.01. The molecule has 4 heteroatoms. The van der Waals surface area contributed by atoms with E-state index in [0.717, 1.165) is 12.0 Å². The Balaban J connectivity index is 2.36. The normalized spacial score (nSPS) is 14.4. The van der Waals surface area contributed by atoms with Crippen LogP contribution in [0.1, 0.15) is 47.5 Å². The molecule has 0 spiro atoms. The zero-order chi connectivity index (χ0) is 17.0. The molecule has 0 bridgehead atoms. The Morgan fingerprint density at radius 2 is 1.87 bits per heavy atom. The van der Waals surface area contributed by atoms with Crippen molar-refractivity contribution in [1.82, 2.24) is 5.32 Å². The summed E-state index contributed by atoms with van der Waals surface area (Å²) in [6.07, 6.45) is 0.830. The highest BCUT2D eigenvalue weighted by atomic mass is 32.1. The summed E-state index contributed by atoms with van der Waals surface area (Å²) in [5.41, 5.74) is 6.26. The molecule has 0 aliphatic heterocycles. The summed E-state index contributed by atoms with van der Waals surface area (Å²) in [7, 11) is 1.97. The van der Waals surface area contributed by atoms with Crippen molar-refractivity contribution in [3.8, 4) is 0 Å². The zero-order valence-corrected chi connectivity index (χ0v) is 15.1. The molecule has 0 aliphatic carbocycles. The predicted molar refractivity (Wildman–Crippen MR) is 97.6 cm³/mol. The number of benzene rings is 1. The second-order valence-electron chi connectivity index (χ2n) is 6.57. The molecule has 0 fully saturated rings. The average molecular weight is 330 g/mol. The summed E-state index contributed by atoms with van der Waals surface area (Å²) in [5.74, 6) is -0.204.